The zero-order chi connectivity index (χ0) is 12.5. The van der Waals surface area contributed by atoms with Crippen LogP contribution in [0, 0.1) is 0 Å². The van der Waals surface area contributed by atoms with Gasteiger partial charge in [-0.1, -0.05) is 0 Å². The number of rotatable bonds is 2. The van der Waals surface area contributed by atoms with E-state index in [1.807, 2.05) is 20.8 Å². The molecule has 98 valence electrons. The standard InChI is InChI=1S/C12H23N3O2/c1-12(2,3)17-11(16)14-13-9-6-8-15-7-4-5-10(9)15/h9-10,13H,4-8H2,1-3H3,(H,14,16). The highest BCUT2D eigenvalue weighted by atomic mass is 16.6. The van der Waals surface area contributed by atoms with E-state index in [-0.39, 0.29) is 0 Å². The predicted octanol–water partition coefficient (Wildman–Crippen LogP) is 1.25. The van der Waals surface area contributed by atoms with Crippen molar-refractivity contribution in [1.29, 1.82) is 0 Å². The van der Waals surface area contributed by atoms with Crippen LogP contribution in [0.5, 0.6) is 0 Å². The molecule has 2 rings (SSSR count). The van der Waals surface area contributed by atoms with E-state index in [0.717, 1.165) is 13.0 Å². The van der Waals surface area contributed by atoms with Crippen LogP contribution in [0.25, 0.3) is 0 Å². The molecule has 0 saturated carbocycles. The molecular weight excluding hydrogens is 218 g/mol. The summed E-state index contributed by atoms with van der Waals surface area (Å²) >= 11 is 0. The molecule has 2 atom stereocenters. The summed E-state index contributed by atoms with van der Waals surface area (Å²) in [5, 5.41) is 0. The second-order valence-electron chi connectivity index (χ2n) is 5.91. The van der Waals surface area contributed by atoms with Gasteiger partial charge in [0.1, 0.15) is 5.60 Å². The zero-order valence-corrected chi connectivity index (χ0v) is 11.0. The Labute approximate surface area is 103 Å². The molecule has 1 amide bonds. The fourth-order valence-corrected chi connectivity index (χ4v) is 2.71. The maximum absolute atomic E-state index is 11.5. The van der Waals surface area contributed by atoms with E-state index in [9.17, 15) is 4.79 Å². The highest BCUT2D eigenvalue weighted by molar-refractivity contribution is 5.67. The molecule has 0 aliphatic carbocycles. The van der Waals surface area contributed by atoms with E-state index in [1.54, 1.807) is 0 Å². The van der Waals surface area contributed by atoms with Crippen LogP contribution in [0.4, 0.5) is 4.79 Å². The molecule has 0 bridgehead atoms. The van der Waals surface area contributed by atoms with E-state index < -0.39 is 11.7 Å². The SMILES string of the molecule is CC(C)(C)OC(=O)NNC1CCN2CCCC12. The lowest BCUT2D eigenvalue weighted by atomic mass is 10.1. The first-order chi connectivity index (χ1) is 7.96. The van der Waals surface area contributed by atoms with Crippen LogP contribution >= 0.6 is 0 Å². The first kappa shape index (κ1) is 12.6. The van der Waals surface area contributed by atoms with Crippen LogP contribution in [0.15, 0.2) is 0 Å². The van der Waals surface area contributed by atoms with Gasteiger partial charge in [0.15, 0.2) is 0 Å². The fourth-order valence-electron chi connectivity index (χ4n) is 2.71. The molecule has 2 N–H and O–H groups in total. The van der Waals surface area contributed by atoms with Crippen LogP contribution in [0.1, 0.15) is 40.0 Å². The number of nitrogens with zero attached hydrogens (tertiary/aromatic N) is 1. The Morgan fingerprint density at radius 1 is 1.29 bits per heavy atom. The Morgan fingerprint density at radius 3 is 2.76 bits per heavy atom. The first-order valence-electron chi connectivity index (χ1n) is 6.44. The van der Waals surface area contributed by atoms with E-state index in [4.69, 9.17) is 4.74 Å². The summed E-state index contributed by atoms with van der Waals surface area (Å²) < 4.78 is 5.18. The maximum atomic E-state index is 11.5. The highest BCUT2D eigenvalue weighted by Crippen LogP contribution is 2.27. The van der Waals surface area contributed by atoms with Gasteiger partial charge in [0.25, 0.3) is 0 Å². The first-order valence-corrected chi connectivity index (χ1v) is 6.44. The Bertz CT molecular complexity index is 288. The van der Waals surface area contributed by atoms with Gasteiger partial charge in [-0.25, -0.2) is 10.2 Å². The van der Waals surface area contributed by atoms with Crippen molar-refractivity contribution in [3.05, 3.63) is 0 Å². The second kappa shape index (κ2) is 4.82. The van der Waals surface area contributed by atoms with Gasteiger partial charge in [-0.2, -0.15) is 0 Å². The normalized spacial score (nSPS) is 29.1. The van der Waals surface area contributed by atoms with Crippen molar-refractivity contribution in [2.24, 2.45) is 0 Å². The van der Waals surface area contributed by atoms with Crippen LogP contribution in [0.2, 0.25) is 0 Å². The minimum absolute atomic E-state index is 0.366. The quantitative estimate of drug-likeness (QED) is 0.715. The lowest BCUT2D eigenvalue weighted by Crippen LogP contribution is -2.50. The number of hydrogen-bond acceptors (Lipinski definition) is 4. The van der Waals surface area contributed by atoms with Crippen molar-refractivity contribution >= 4 is 6.09 Å². The molecule has 0 aromatic rings. The Hall–Kier alpha value is -0.810. The lowest BCUT2D eigenvalue weighted by molar-refractivity contribution is 0.0484. The molecule has 0 aromatic carbocycles. The number of nitrogens with one attached hydrogen (secondary N) is 2. The third-order valence-electron chi connectivity index (χ3n) is 3.36. The van der Waals surface area contributed by atoms with Crippen LogP contribution in [0.3, 0.4) is 0 Å². The fraction of sp³-hybridized carbons (Fsp3) is 0.917. The van der Waals surface area contributed by atoms with Crippen molar-refractivity contribution in [3.8, 4) is 0 Å². The topological polar surface area (TPSA) is 53.6 Å². The number of hydrogen-bond donors (Lipinski definition) is 2. The minimum Gasteiger partial charge on any atom is -0.443 e. The smallest absolute Gasteiger partial charge is 0.422 e. The van der Waals surface area contributed by atoms with Gasteiger partial charge in [0.2, 0.25) is 0 Å². The average molecular weight is 241 g/mol. The maximum Gasteiger partial charge on any atom is 0.422 e. The molecule has 0 aromatic heterocycles. The van der Waals surface area contributed by atoms with E-state index in [1.165, 1.54) is 19.4 Å². The summed E-state index contributed by atoms with van der Waals surface area (Å²) in [5.74, 6) is 0. The van der Waals surface area contributed by atoms with Gasteiger partial charge in [-0.05, 0) is 46.6 Å². The highest BCUT2D eigenvalue weighted by Gasteiger charge is 2.37. The lowest BCUT2D eigenvalue weighted by Gasteiger charge is -2.24. The van der Waals surface area contributed by atoms with Gasteiger partial charge in [0, 0.05) is 18.6 Å². The van der Waals surface area contributed by atoms with Crippen molar-refractivity contribution in [3.63, 3.8) is 0 Å². The zero-order valence-electron chi connectivity index (χ0n) is 11.0. The molecule has 5 nitrogen and oxygen atoms in total. The number of hydrazine groups is 1. The number of carbonyl (C=O) groups excluding carboxylic acids is 1. The molecule has 0 spiro atoms. The predicted molar refractivity (Wildman–Crippen MR) is 65.5 cm³/mol. The van der Waals surface area contributed by atoms with E-state index >= 15 is 0 Å². The Balaban J connectivity index is 1.73. The molecule has 5 heteroatoms. The molecule has 2 heterocycles. The van der Waals surface area contributed by atoms with Crippen LogP contribution in [-0.4, -0.2) is 41.8 Å². The van der Waals surface area contributed by atoms with Crippen LogP contribution < -0.4 is 10.9 Å². The molecule has 17 heavy (non-hydrogen) atoms. The molecule has 2 fully saturated rings. The molecule has 2 saturated heterocycles. The molecular formula is C12H23N3O2. The third kappa shape index (κ3) is 3.33. The van der Waals surface area contributed by atoms with Crippen molar-refractivity contribution < 1.29 is 9.53 Å². The van der Waals surface area contributed by atoms with Gasteiger partial charge in [-0.15, -0.1) is 0 Å². The van der Waals surface area contributed by atoms with Crippen molar-refractivity contribution in [1.82, 2.24) is 15.8 Å². The monoisotopic (exact) mass is 241 g/mol. The molecule has 2 unspecified atom stereocenters. The van der Waals surface area contributed by atoms with E-state index in [0.29, 0.717) is 12.1 Å². The number of amides is 1. The molecule has 2 aliphatic heterocycles. The summed E-state index contributed by atoms with van der Waals surface area (Å²) in [5.41, 5.74) is 5.32. The number of fused-ring (bicyclic) bond motifs is 1. The van der Waals surface area contributed by atoms with Crippen LogP contribution in [-0.2, 0) is 4.74 Å². The summed E-state index contributed by atoms with van der Waals surface area (Å²) in [6.45, 7) is 7.93. The summed E-state index contributed by atoms with van der Waals surface area (Å²) in [7, 11) is 0. The summed E-state index contributed by atoms with van der Waals surface area (Å²) in [6, 6.07) is 0.954. The van der Waals surface area contributed by atoms with Crippen molar-refractivity contribution in [2.45, 2.75) is 57.7 Å². The number of carbonyl (C=O) groups is 1. The van der Waals surface area contributed by atoms with Gasteiger partial charge < -0.3 is 4.74 Å². The largest absolute Gasteiger partial charge is 0.443 e. The van der Waals surface area contributed by atoms with Crippen molar-refractivity contribution in [2.75, 3.05) is 13.1 Å². The summed E-state index contributed by atoms with van der Waals surface area (Å²) in [4.78, 5) is 14.0. The average Bonchev–Trinajstić information content (AvgIpc) is 2.73. The third-order valence-corrected chi connectivity index (χ3v) is 3.36. The Kier molecular flexibility index (Phi) is 3.58. The van der Waals surface area contributed by atoms with Gasteiger partial charge >= 0.3 is 6.09 Å². The molecule has 0 radical (unpaired) electrons. The molecule has 2 aliphatic rings. The summed E-state index contributed by atoms with van der Waals surface area (Å²) in [6.07, 6.45) is 3.21. The second-order valence-corrected chi connectivity index (χ2v) is 5.91. The number of ether oxygens (including phenoxy) is 1. The minimum atomic E-state index is -0.444. The van der Waals surface area contributed by atoms with Gasteiger partial charge in [0.05, 0.1) is 0 Å². The van der Waals surface area contributed by atoms with Gasteiger partial charge in [-0.3, -0.25) is 10.3 Å². The van der Waals surface area contributed by atoms with E-state index in [2.05, 4.69) is 15.8 Å². The Morgan fingerprint density at radius 2 is 2.06 bits per heavy atom.